The van der Waals surface area contributed by atoms with E-state index in [0.29, 0.717) is 4.77 Å². The Hall–Kier alpha value is -1.27. The Kier molecular flexibility index (Phi) is 4.01. The van der Waals surface area contributed by atoms with Crippen molar-refractivity contribution in [3.05, 3.63) is 44.9 Å². The monoisotopic (exact) mass is 338 g/mol. The molecule has 0 fully saturated rings. The second-order valence-corrected chi connectivity index (χ2v) is 6.42. The Bertz CT molecular complexity index is 664. The van der Waals surface area contributed by atoms with E-state index < -0.39 is 0 Å². The highest BCUT2D eigenvalue weighted by Gasteiger charge is 2.21. The molecule has 0 radical (unpaired) electrons. The van der Waals surface area contributed by atoms with Crippen LogP contribution in [0, 0.1) is 4.77 Å². The first kappa shape index (κ1) is 14.1. The third-order valence-electron chi connectivity index (χ3n) is 2.54. The summed E-state index contributed by atoms with van der Waals surface area (Å²) >= 11 is 8.70. The zero-order valence-corrected chi connectivity index (χ0v) is 13.4. The van der Waals surface area contributed by atoms with Crippen LogP contribution in [0.4, 0.5) is 0 Å². The maximum Gasteiger partial charge on any atom is 0.216 e. The highest BCUT2D eigenvalue weighted by atomic mass is 79.9. The molecule has 0 unspecified atom stereocenters. The van der Waals surface area contributed by atoms with Crippen molar-refractivity contribution in [3.63, 3.8) is 0 Å². The van der Waals surface area contributed by atoms with Crippen molar-refractivity contribution in [2.24, 2.45) is 5.10 Å². The number of rotatable bonds is 2. The molecule has 4 nitrogen and oxygen atoms in total. The van der Waals surface area contributed by atoms with Crippen LogP contribution in [0.15, 0.2) is 33.8 Å². The number of nitrogens with zero attached hydrogens (tertiary/aromatic N) is 3. The van der Waals surface area contributed by atoms with Gasteiger partial charge in [-0.15, -0.1) is 0 Å². The first-order valence-electron chi connectivity index (χ1n) is 5.86. The minimum absolute atomic E-state index is 0.126. The molecule has 0 saturated heterocycles. The molecule has 0 aliphatic heterocycles. The van der Waals surface area contributed by atoms with E-state index in [9.17, 15) is 0 Å². The van der Waals surface area contributed by atoms with Crippen molar-refractivity contribution in [2.45, 2.75) is 26.2 Å². The Balaban J connectivity index is 2.42. The third-order valence-corrected chi connectivity index (χ3v) is 3.53. The molecule has 0 bridgehead atoms. The Morgan fingerprint density at radius 1 is 1.37 bits per heavy atom. The van der Waals surface area contributed by atoms with Crippen molar-refractivity contribution in [3.8, 4) is 0 Å². The second kappa shape index (κ2) is 5.38. The lowest BCUT2D eigenvalue weighted by Crippen LogP contribution is -2.17. The number of aromatic nitrogens is 3. The van der Waals surface area contributed by atoms with Gasteiger partial charge >= 0.3 is 0 Å². The number of hydrogen-bond donors (Lipinski definition) is 1. The van der Waals surface area contributed by atoms with Crippen LogP contribution in [-0.4, -0.2) is 21.1 Å². The summed E-state index contributed by atoms with van der Waals surface area (Å²) in [4.78, 5) is 0. The molecular formula is C13H15BrN4S. The SMILES string of the molecule is CC(C)(C)c1n[nH]c(=S)n1/N=C\c1ccccc1Br. The summed E-state index contributed by atoms with van der Waals surface area (Å²) in [5, 5.41) is 11.5. The lowest BCUT2D eigenvalue weighted by Gasteiger charge is -2.15. The second-order valence-electron chi connectivity index (χ2n) is 5.18. The van der Waals surface area contributed by atoms with Gasteiger partial charge in [0.25, 0.3) is 0 Å². The van der Waals surface area contributed by atoms with Crippen LogP contribution >= 0.6 is 28.1 Å². The van der Waals surface area contributed by atoms with Gasteiger partial charge in [0.1, 0.15) is 0 Å². The van der Waals surface area contributed by atoms with Gasteiger partial charge in [-0.1, -0.05) is 54.9 Å². The van der Waals surface area contributed by atoms with Crippen molar-refractivity contribution in [1.29, 1.82) is 0 Å². The fourth-order valence-corrected chi connectivity index (χ4v) is 2.15. The summed E-state index contributed by atoms with van der Waals surface area (Å²) in [7, 11) is 0. The van der Waals surface area contributed by atoms with Crippen LogP contribution in [-0.2, 0) is 5.41 Å². The Morgan fingerprint density at radius 3 is 2.68 bits per heavy atom. The zero-order chi connectivity index (χ0) is 14.0. The molecule has 2 aromatic rings. The molecule has 0 atom stereocenters. The quantitative estimate of drug-likeness (QED) is 0.667. The predicted molar refractivity (Wildman–Crippen MR) is 83.2 cm³/mol. The molecule has 0 aliphatic carbocycles. The number of benzene rings is 1. The predicted octanol–water partition coefficient (Wildman–Crippen LogP) is 3.88. The third kappa shape index (κ3) is 3.19. The van der Waals surface area contributed by atoms with E-state index in [4.69, 9.17) is 12.2 Å². The first-order chi connectivity index (χ1) is 8.89. The smallest absolute Gasteiger partial charge is 0.216 e. The van der Waals surface area contributed by atoms with E-state index in [0.717, 1.165) is 15.9 Å². The number of halogens is 1. The number of aromatic amines is 1. The van der Waals surface area contributed by atoms with E-state index in [1.54, 1.807) is 10.9 Å². The molecule has 0 aliphatic rings. The van der Waals surface area contributed by atoms with Crippen molar-refractivity contribution in [2.75, 3.05) is 0 Å². The minimum Gasteiger partial charge on any atom is -0.250 e. The van der Waals surface area contributed by atoms with Crippen molar-refractivity contribution >= 4 is 34.4 Å². The van der Waals surface area contributed by atoms with Crippen LogP contribution < -0.4 is 0 Å². The van der Waals surface area contributed by atoms with Gasteiger partial charge in [0, 0.05) is 15.5 Å². The molecule has 19 heavy (non-hydrogen) atoms. The Labute approximate surface area is 125 Å². The summed E-state index contributed by atoms with van der Waals surface area (Å²) in [6.07, 6.45) is 1.77. The minimum atomic E-state index is -0.126. The molecule has 100 valence electrons. The van der Waals surface area contributed by atoms with Crippen LogP contribution in [0.3, 0.4) is 0 Å². The summed E-state index contributed by atoms with van der Waals surface area (Å²) < 4.78 is 3.15. The summed E-state index contributed by atoms with van der Waals surface area (Å²) in [6, 6.07) is 7.88. The average Bonchev–Trinajstić information content (AvgIpc) is 2.69. The van der Waals surface area contributed by atoms with E-state index in [1.807, 2.05) is 24.3 Å². The van der Waals surface area contributed by atoms with Crippen LogP contribution in [0.25, 0.3) is 0 Å². The topological polar surface area (TPSA) is 46.0 Å². The first-order valence-corrected chi connectivity index (χ1v) is 7.06. The molecule has 0 amide bonds. The number of nitrogens with one attached hydrogen (secondary N) is 1. The Morgan fingerprint density at radius 2 is 2.05 bits per heavy atom. The summed E-state index contributed by atoms with van der Waals surface area (Å²) in [5.41, 5.74) is 0.865. The van der Waals surface area contributed by atoms with Crippen LogP contribution in [0.2, 0.25) is 0 Å². The molecule has 1 heterocycles. The molecule has 6 heteroatoms. The van der Waals surface area contributed by atoms with E-state index in [2.05, 4.69) is 52.0 Å². The lowest BCUT2D eigenvalue weighted by atomic mass is 9.96. The number of hydrogen-bond acceptors (Lipinski definition) is 3. The average molecular weight is 339 g/mol. The van der Waals surface area contributed by atoms with Gasteiger partial charge in [-0.25, -0.2) is 0 Å². The van der Waals surface area contributed by atoms with Crippen LogP contribution in [0.1, 0.15) is 32.2 Å². The van der Waals surface area contributed by atoms with Gasteiger partial charge in [-0.05, 0) is 18.3 Å². The van der Waals surface area contributed by atoms with Gasteiger partial charge in [-0.3, -0.25) is 5.10 Å². The maximum atomic E-state index is 5.21. The standard InChI is InChI=1S/C13H15BrN4S/c1-13(2,3)11-16-17-12(19)18(11)15-8-9-6-4-5-7-10(9)14/h4-8H,1-3H3,(H,17,19)/b15-8-. The van der Waals surface area contributed by atoms with E-state index in [1.165, 1.54) is 0 Å². The van der Waals surface area contributed by atoms with Gasteiger partial charge in [0.2, 0.25) is 4.77 Å². The highest BCUT2D eigenvalue weighted by Crippen LogP contribution is 2.20. The molecule has 1 N–H and O–H groups in total. The van der Waals surface area contributed by atoms with Gasteiger partial charge < -0.3 is 0 Å². The maximum absolute atomic E-state index is 5.21. The highest BCUT2D eigenvalue weighted by molar-refractivity contribution is 9.10. The van der Waals surface area contributed by atoms with E-state index in [-0.39, 0.29) is 5.41 Å². The van der Waals surface area contributed by atoms with Crippen LogP contribution in [0.5, 0.6) is 0 Å². The summed E-state index contributed by atoms with van der Waals surface area (Å²) in [6.45, 7) is 6.22. The van der Waals surface area contributed by atoms with Gasteiger partial charge in [0.15, 0.2) is 5.82 Å². The molecule has 1 aromatic heterocycles. The van der Waals surface area contributed by atoms with Gasteiger partial charge in [0.05, 0.1) is 6.21 Å². The van der Waals surface area contributed by atoms with Crippen molar-refractivity contribution in [1.82, 2.24) is 14.9 Å². The zero-order valence-electron chi connectivity index (χ0n) is 11.0. The molecule has 1 aromatic carbocycles. The molecular weight excluding hydrogens is 324 g/mol. The molecule has 0 spiro atoms. The van der Waals surface area contributed by atoms with Gasteiger partial charge in [-0.2, -0.15) is 14.9 Å². The molecule has 0 saturated carbocycles. The van der Waals surface area contributed by atoms with Crippen molar-refractivity contribution < 1.29 is 0 Å². The fraction of sp³-hybridized carbons (Fsp3) is 0.308. The largest absolute Gasteiger partial charge is 0.250 e. The lowest BCUT2D eigenvalue weighted by molar-refractivity contribution is 0.516. The fourth-order valence-electron chi connectivity index (χ4n) is 1.58. The molecule has 2 rings (SSSR count). The van der Waals surface area contributed by atoms with E-state index >= 15 is 0 Å². The number of H-pyrrole nitrogens is 1. The summed E-state index contributed by atoms with van der Waals surface area (Å²) in [5.74, 6) is 0.806. The normalized spacial score (nSPS) is 12.2.